The molecule has 2 fully saturated rings. The van der Waals surface area contributed by atoms with Gasteiger partial charge in [0.05, 0.1) is 11.6 Å². The summed E-state index contributed by atoms with van der Waals surface area (Å²) in [5.74, 6) is 1.70. The number of fused-ring (bicyclic) bond motifs is 1. The van der Waals surface area contributed by atoms with Crippen LogP contribution < -0.4 is 4.90 Å². The second-order valence-electron chi connectivity index (χ2n) is 10.1. The van der Waals surface area contributed by atoms with Crippen LogP contribution in [-0.2, 0) is 6.42 Å². The molecule has 1 atom stereocenters. The summed E-state index contributed by atoms with van der Waals surface area (Å²) < 4.78 is 2.09. The fraction of sp³-hybridized carbons (Fsp3) is 0.625. The molecule has 166 valence electrons. The van der Waals surface area contributed by atoms with E-state index in [1.165, 1.54) is 22.2 Å². The highest BCUT2D eigenvalue weighted by molar-refractivity contribution is 7.18. The van der Waals surface area contributed by atoms with Gasteiger partial charge in [-0.1, -0.05) is 20.8 Å². The van der Waals surface area contributed by atoms with E-state index in [1.807, 2.05) is 0 Å². The Hall–Kier alpha value is -1.99. The van der Waals surface area contributed by atoms with Crippen LogP contribution >= 0.6 is 11.3 Å². The molecule has 0 amide bonds. The molecular formula is C24H34N6S. The summed E-state index contributed by atoms with van der Waals surface area (Å²) in [4.78, 5) is 16.9. The largest absolute Gasteiger partial charge is 0.355 e. The van der Waals surface area contributed by atoms with Crippen LogP contribution in [0.5, 0.6) is 0 Å². The lowest BCUT2D eigenvalue weighted by Gasteiger charge is -2.52. The highest BCUT2D eigenvalue weighted by Gasteiger charge is 2.50. The number of thiophene rings is 1. The second-order valence-corrected chi connectivity index (χ2v) is 11.2. The van der Waals surface area contributed by atoms with E-state index in [4.69, 9.17) is 4.98 Å². The van der Waals surface area contributed by atoms with Gasteiger partial charge in [-0.3, -0.25) is 9.58 Å². The van der Waals surface area contributed by atoms with E-state index in [0.29, 0.717) is 23.4 Å². The molecule has 0 aromatic carbocycles. The Morgan fingerprint density at radius 3 is 2.61 bits per heavy atom. The molecule has 0 saturated carbocycles. The molecule has 7 heteroatoms. The van der Waals surface area contributed by atoms with Gasteiger partial charge in [-0.2, -0.15) is 5.10 Å². The topological polar surface area (TPSA) is 50.1 Å². The molecule has 2 saturated heterocycles. The molecule has 0 bridgehead atoms. The summed E-state index contributed by atoms with van der Waals surface area (Å²) in [6, 6.07) is 3.15. The Labute approximate surface area is 189 Å². The van der Waals surface area contributed by atoms with E-state index in [0.717, 1.165) is 43.2 Å². The molecule has 6 nitrogen and oxygen atoms in total. The van der Waals surface area contributed by atoms with Gasteiger partial charge in [-0.25, -0.2) is 9.97 Å². The number of rotatable bonds is 6. The Balaban J connectivity index is 1.31. The van der Waals surface area contributed by atoms with Crippen LogP contribution in [0.1, 0.15) is 63.6 Å². The molecule has 0 radical (unpaired) electrons. The molecule has 2 aliphatic heterocycles. The van der Waals surface area contributed by atoms with Crippen LogP contribution in [0, 0.1) is 11.3 Å². The molecule has 3 aromatic heterocycles. The lowest BCUT2D eigenvalue weighted by atomic mass is 9.76. The smallest absolute Gasteiger partial charge is 0.140 e. The first kappa shape index (κ1) is 20.9. The van der Waals surface area contributed by atoms with Crippen LogP contribution in [0.4, 0.5) is 5.82 Å². The van der Waals surface area contributed by atoms with Crippen molar-refractivity contribution >= 4 is 27.4 Å². The van der Waals surface area contributed by atoms with Crippen molar-refractivity contribution < 1.29 is 0 Å². The SMILES string of the molecule is CCc1cc2c(N3CCC4(C3)CN(C(c3cnn(C(C)C)c3)C(C)C)C4)ncnc2s1. The maximum Gasteiger partial charge on any atom is 0.140 e. The van der Waals surface area contributed by atoms with Gasteiger partial charge in [-0.15, -0.1) is 11.3 Å². The maximum absolute atomic E-state index is 4.71. The first-order valence-corrected chi connectivity index (χ1v) is 12.5. The van der Waals surface area contributed by atoms with Gasteiger partial charge in [0.1, 0.15) is 17.0 Å². The number of hydrogen-bond acceptors (Lipinski definition) is 6. The molecule has 1 unspecified atom stereocenters. The third-order valence-electron chi connectivity index (χ3n) is 7.04. The van der Waals surface area contributed by atoms with E-state index in [-0.39, 0.29) is 0 Å². The number of hydrogen-bond donors (Lipinski definition) is 0. The van der Waals surface area contributed by atoms with Crippen molar-refractivity contribution in [2.24, 2.45) is 11.3 Å². The lowest BCUT2D eigenvalue weighted by Crippen LogP contribution is -2.59. The number of aryl methyl sites for hydroxylation is 1. The summed E-state index contributed by atoms with van der Waals surface area (Å²) in [6.45, 7) is 15.8. The first-order chi connectivity index (χ1) is 14.9. The predicted molar refractivity (Wildman–Crippen MR) is 128 cm³/mol. The molecule has 5 rings (SSSR count). The summed E-state index contributed by atoms with van der Waals surface area (Å²) in [5.41, 5.74) is 1.75. The molecule has 1 spiro atoms. The Bertz CT molecular complexity index is 1060. The van der Waals surface area contributed by atoms with Crippen molar-refractivity contribution in [3.8, 4) is 0 Å². The summed E-state index contributed by atoms with van der Waals surface area (Å²) in [7, 11) is 0. The lowest BCUT2D eigenvalue weighted by molar-refractivity contribution is -0.0321. The second kappa shape index (κ2) is 7.85. The molecule has 0 N–H and O–H groups in total. The Morgan fingerprint density at radius 2 is 1.94 bits per heavy atom. The van der Waals surface area contributed by atoms with Crippen molar-refractivity contribution in [3.63, 3.8) is 0 Å². The molecular weight excluding hydrogens is 404 g/mol. The van der Waals surface area contributed by atoms with E-state index < -0.39 is 0 Å². The van der Waals surface area contributed by atoms with Gasteiger partial charge in [0.15, 0.2) is 0 Å². The summed E-state index contributed by atoms with van der Waals surface area (Å²) >= 11 is 1.80. The number of likely N-dealkylation sites (tertiary alicyclic amines) is 1. The van der Waals surface area contributed by atoms with Gasteiger partial charge >= 0.3 is 0 Å². The van der Waals surface area contributed by atoms with Gasteiger partial charge in [-0.05, 0) is 38.7 Å². The normalized spacial score (nSPS) is 19.8. The quantitative estimate of drug-likeness (QED) is 0.546. The van der Waals surface area contributed by atoms with Crippen LogP contribution in [0.25, 0.3) is 10.2 Å². The van der Waals surface area contributed by atoms with E-state index in [9.17, 15) is 0 Å². The molecule has 31 heavy (non-hydrogen) atoms. The fourth-order valence-electron chi connectivity index (χ4n) is 5.51. The third kappa shape index (κ3) is 3.65. The van der Waals surface area contributed by atoms with Crippen LogP contribution in [0.2, 0.25) is 0 Å². The Kier molecular flexibility index (Phi) is 5.29. The van der Waals surface area contributed by atoms with Crippen molar-refractivity contribution in [2.75, 3.05) is 31.1 Å². The number of aromatic nitrogens is 4. The zero-order valence-electron chi connectivity index (χ0n) is 19.4. The van der Waals surface area contributed by atoms with Crippen molar-refractivity contribution in [3.05, 3.63) is 35.2 Å². The number of nitrogens with zero attached hydrogens (tertiary/aromatic N) is 6. The molecule has 2 aliphatic rings. The average Bonchev–Trinajstić information content (AvgIpc) is 3.44. The van der Waals surface area contributed by atoms with E-state index >= 15 is 0 Å². The Morgan fingerprint density at radius 1 is 1.13 bits per heavy atom. The highest BCUT2D eigenvalue weighted by Crippen LogP contribution is 2.47. The average molecular weight is 439 g/mol. The van der Waals surface area contributed by atoms with Gasteiger partial charge in [0, 0.05) is 60.3 Å². The van der Waals surface area contributed by atoms with Crippen molar-refractivity contribution in [1.82, 2.24) is 24.6 Å². The standard InChI is InChI=1S/C24H34N6S/c1-6-19-9-20-22(25-15-26-23(20)31-19)28-8-7-24(12-28)13-29(14-24)21(16(2)3)18-10-27-30(11-18)17(4)5/h9-11,15-17,21H,6-8,12-14H2,1-5H3. The minimum atomic E-state index is 0.391. The minimum Gasteiger partial charge on any atom is -0.355 e. The third-order valence-corrected chi connectivity index (χ3v) is 8.23. The molecule has 5 heterocycles. The van der Waals surface area contributed by atoms with Crippen molar-refractivity contribution in [2.45, 2.75) is 59.5 Å². The predicted octanol–water partition coefficient (Wildman–Crippen LogP) is 4.94. The van der Waals surface area contributed by atoms with Crippen LogP contribution in [0.15, 0.2) is 24.8 Å². The van der Waals surface area contributed by atoms with Gasteiger partial charge in [0.25, 0.3) is 0 Å². The zero-order chi connectivity index (χ0) is 21.8. The van der Waals surface area contributed by atoms with Gasteiger partial charge < -0.3 is 4.90 Å². The monoisotopic (exact) mass is 438 g/mol. The molecule has 3 aromatic rings. The van der Waals surface area contributed by atoms with E-state index in [2.05, 4.69) is 77.6 Å². The van der Waals surface area contributed by atoms with Gasteiger partial charge in [0.2, 0.25) is 0 Å². The fourth-order valence-corrected chi connectivity index (χ4v) is 6.44. The number of anilines is 1. The summed E-state index contributed by atoms with van der Waals surface area (Å²) in [6.07, 6.45) is 8.38. The molecule has 0 aliphatic carbocycles. The highest BCUT2D eigenvalue weighted by atomic mass is 32.1. The minimum absolute atomic E-state index is 0.391. The van der Waals surface area contributed by atoms with Crippen LogP contribution in [-0.4, -0.2) is 50.8 Å². The van der Waals surface area contributed by atoms with Crippen LogP contribution in [0.3, 0.4) is 0 Å². The zero-order valence-corrected chi connectivity index (χ0v) is 20.2. The van der Waals surface area contributed by atoms with E-state index in [1.54, 1.807) is 17.7 Å². The first-order valence-electron chi connectivity index (χ1n) is 11.7. The van der Waals surface area contributed by atoms with Crippen molar-refractivity contribution in [1.29, 1.82) is 0 Å². The summed E-state index contributed by atoms with van der Waals surface area (Å²) in [5, 5.41) is 5.84. The maximum atomic E-state index is 4.71.